The number of piperidine rings is 1. The monoisotopic (exact) mass is 405 g/mol. The molecular weight excluding hydrogens is 382 g/mol. The summed E-state index contributed by atoms with van der Waals surface area (Å²) in [5.41, 5.74) is 10.8. The maximum Gasteiger partial charge on any atom is 0.261 e. The summed E-state index contributed by atoms with van der Waals surface area (Å²) in [7, 11) is 0. The Morgan fingerprint density at radius 1 is 1.03 bits per heavy atom. The highest BCUT2D eigenvalue weighted by Crippen LogP contribution is 2.42. The van der Waals surface area contributed by atoms with Gasteiger partial charge in [-0.15, -0.1) is 11.3 Å². The van der Waals surface area contributed by atoms with Gasteiger partial charge in [-0.2, -0.15) is 0 Å². The smallest absolute Gasteiger partial charge is 0.261 e. The first-order chi connectivity index (χ1) is 14.2. The van der Waals surface area contributed by atoms with Crippen LogP contribution in [0.15, 0.2) is 34.4 Å². The molecule has 1 saturated carbocycles. The van der Waals surface area contributed by atoms with E-state index in [9.17, 15) is 4.79 Å². The number of aromatic amines is 2. The fraction of sp³-hybridized carbons (Fsp3) is 0.364. The molecule has 1 saturated heterocycles. The van der Waals surface area contributed by atoms with Crippen LogP contribution in [0.25, 0.3) is 32.6 Å². The molecule has 3 aromatic heterocycles. The van der Waals surface area contributed by atoms with Crippen LogP contribution < -0.4 is 16.2 Å². The van der Waals surface area contributed by atoms with Crippen LogP contribution in [0.5, 0.6) is 0 Å². The van der Waals surface area contributed by atoms with Gasteiger partial charge >= 0.3 is 0 Å². The van der Waals surface area contributed by atoms with E-state index in [1.165, 1.54) is 42.7 Å². The average Bonchev–Trinajstić information content (AvgIpc) is 3.32. The van der Waals surface area contributed by atoms with Gasteiger partial charge in [0.1, 0.15) is 11.4 Å². The Morgan fingerprint density at radius 3 is 2.62 bits per heavy atom. The molecule has 1 aliphatic carbocycles. The van der Waals surface area contributed by atoms with E-state index in [0.717, 1.165) is 46.2 Å². The number of hydrogen-bond donors (Lipinski definition) is 3. The van der Waals surface area contributed by atoms with Crippen molar-refractivity contribution in [1.29, 1.82) is 0 Å². The van der Waals surface area contributed by atoms with Gasteiger partial charge in [0, 0.05) is 18.8 Å². The van der Waals surface area contributed by atoms with E-state index in [4.69, 9.17) is 5.73 Å². The summed E-state index contributed by atoms with van der Waals surface area (Å²) in [6, 6.07) is 8.20. The largest absolute Gasteiger partial charge is 0.397 e. The first kappa shape index (κ1) is 17.1. The maximum absolute atomic E-state index is 12.6. The number of nitrogens with zero attached hydrogens (tertiary/aromatic N) is 2. The molecule has 4 heterocycles. The summed E-state index contributed by atoms with van der Waals surface area (Å²) in [5.74, 6) is 2.45. The van der Waals surface area contributed by atoms with Crippen LogP contribution in [0, 0.1) is 11.8 Å². The normalized spacial score (nSPS) is 18.1. The van der Waals surface area contributed by atoms with Gasteiger partial charge < -0.3 is 20.6 Å². The number of thiophene rings is 1. The molecule has 0 spiro atoms. The summed E-state index contributed by atoms with van der Waals surface area (Å²) in [6.07, 6.45) is 5.47. The third kappa shape index (κ3) is 2.83. The minimum absolute atomic E-state index is 0.213. The predicted molar refractivity (Wildman–Crippen MR) is 120 cm³/mol. The zero-order chi connectivity index (χ0) is 19.5. The highest BCUT2D eigenvalue weighted by atomic mass is 32.1. The summed E-state index contributed by atoms with van der Waals surface area (Å²) in [4.78, 5) is 26.0. The number of imidazole rings is 1. The Hall–Kier alpha value is -2.80. The standard InChI is InChI=1S/C22H23N5OS/c23-19-18(22(28)26-16-7-10-29-20(16)19)21-24-15-4-3-14(11-17(15)25-21)27-8-5-13(6-9-27)12-1-2-12/h3-4,7,10-13H,1-2,5-6,8-9H2,(H,24,25)(H3,23,26,28). The predicted octanol–water partition coefficient (Wildman–Crippen LogP) is 4.34. The first-order valence-corrected chi connectivity index (χ1v) is 11.2. The molecule has 1 aliphatic heterocycles. The van der Waals surface area contributed by atoms with Crippen molar-refractivity contribution in [1.82, 2.24) is 15.0 Å². The summed E-state index contributed by atoms with van der Waals surface area (Å²) in [6.45, 7) is 2.24. The molecule has 29 heavy (non-hydrogen) atoms. The number of nitrogen functional groups attached to an aromatic ring is 1. The van der Waals surface area contributed by atoms with Gasteiger partial charge in [-0.25, -0.2) is 4.98 Å². The SMILES string of the molecule is Nc1c(-c2nc3ccc(N4CCC(C5CC5)CC4)cc3[nH]2)c(=O)[nH]c2ccsc12. The minimum Gasteiger partial charge on any atom is -0.397 e. The van der Waals surface area contributed by atoms with Crippen molar-refractivity contribution >= 4 is 44.0 Å². The quantitative estimate of drug-likeness (QED) is 0.473. The molecule has 0 bridgehead atoms. The fourth-order valence-electron chi connectivity index (χ4n) is 4.78. The van der Waals surface area contributed by atoms with Crippen LogP contribution in [0.3, 0.4) is 0 Å². The van der Waals surface area contributed by atoms with E-state index in [0.29, 0.717) is 17.1 Å². The topological polar surface area (TPSA) is 90.8 Å². The Bertz CT molecular complexity index is 1270. The Kier molecular flexibility index (Phi) is 3.74. The highest BCUT2D eigenvalue weighted by Gasteiger charge is 2.33. The Labute approximate surface area is 171 Å². The van der Waals surface area contributed by atoms with Gasteiger partial charge in [0.05, 0.1) is 26.9 Å². The van der Waals surface area contributed by atoms with E-state index in [2.05, 4.69) is 32.0 Å². The summed E-state index contributed by atoms with van der Waals surface area (Å²) < 4.78 is 0.888. The van der Waals surface area contributed by atoms with E-state index in [1.807, 2.05) is 17.5 Å². The molecule has 0 radical (unpaired) electrons. The van der Waals surface area contributed by atoms with Gasteiger partial charge in [-0.05, 0) is 67.2 Å². The van der Waals surface area contributed by atoms with Gasteiger partial charge in [0.25, 0.3) is 5.56 Å². The second kappa shape index (κ2) is 6.35. The molecule has 0 unspecified atom stereocenters. The number of fused-ring (bicyclic) bond motifs is 2. The number of benzene rings is 1. The lowest BCUT2D eigenvalue weighted by molar-refractivity contribution is 0.363. The third-order valence-corrected chi connectivity index (χ3v) is 7.50. The fourth-order valence-corrected chi connectivity index (χ4v) is 5.60. The molecule has 0 amide bonds. The van der Waals surface area contributed by atoms with Crippen molar-refractivity contribution in [2.45, 2.75) is 25.7 Å². The summed E-state index contributed by atoms with van der Waals surface area (Å²) >= 11 is 1.52. The van der Waals surface area contributed by atoms with Crippen LogP contribution in [-0.2, 0) is 0 Å². The second-order valence-electron chi connectivity index (χ2n) is 8.35. The number of anilines is 2. The molecule has 6 nitrogen and oxygen atoms in total. The molecule has 2 aliphatic rings. The number of aromatic nitrogens is 3. The van der Waals surface area contributed by atoms with Crippen LogP contribution in [0.1, 0.15) is 25.7 Å². The molecule has 2 fully saturated rings. The van der Waals surface area contributed by atoms with Gasteiger partial charge in [0.15, 0.2) is 0 Å². The van der Waals surface area contributed by atoms with Crippen molar-refractivity contribution in [2.75, 3.05) is 23.7 Å². The van der Waals surface area contributed by atoms with Crippen molar-refractivity contribution in [3.8, 4) is 11.4 Å². The zero-order valence-electron chi connectivity index (χ0n) is 16.1. The van der Waals surface area contributed by atoms with Crippen LogP contribution in [-0.4, -0.2) is 28.0 Å². The van der Waals surface area contributed by atoms with Crippen LogP contribution >= 0.6 is 11.3 Å². The first-order valence-electron chi connectivity index (χ1n) is 10.3. The lowest BCUT2D eigenvalue weighted by Gasteiger charge is -2.33. The minimum atomic E-state index is -0.213. The number of nitrogens with two attached hydrogens (primary N) is 1. The van der Waals surface area contributed by atoms with Crippen LogP contribution in [0.2, 0.25) is 0 Å². The molecule has 6 rings (SSSR count). The van der Waals surface area contributed by atoms with Crippen molar-refractivity contribution < 1.29 is 0 Å². The average molecular weight is 406 g/mol. The van der Waals surface area contributed by atoms with E-state index < -0.39 is 0 Å². The number of H-pyrrole nitrogens is 2. The molecule has 4 aromatic rings. The number of rotatable bonds is 3. The van der Waals surface area contributed by atoms with Crippen LogP contribution in [0.4, 0.5) is 11.4 Å². The molecular formula is C22H23N5OS. The Balaban J connectivity index is 1.35. The number of pyridine rings is 1. The molecule has 0 atom stereocenters. The Morgan fingerprint density at radius 2 is 1.83 bits per heavy atom. The van der Waals surface area contributed by atoms with E-state index in [-0.39, 0.29) is 5.56 Å². The van der Waals surface area contributed by atoms with Crippen molar-refractivity contribution in [3.05, 3.63) is 40.0 Å². The number of nitrogens with one attached hydrogen (secondary N) is 2. The molecule has 4 N–H and O–H groups in total. The zero-order valence-corrected chi connectivity index (χ0v) is 16.9. The number of hydrogen-bond acceptors (Lipinski definition) is 5. The molecule has 1 aromatic carbocycles. The lowest BCUT2D eigenvalue weighted by atomic mass is 9.92. The third-order valence-electron chi connectivity index (χ3n) is 6.55. The lowest BCUT2D eigenvalue weighted by Crippen LogP contribution is -2.34. The van der Waals surface area contributed by atoms with E-state index in [1.54, 1.807) is 0 Å². The highest BCUT2D eigenvalue weighted by molar-refractivity contribution is 7.17. The second-order valence-corrected chi connectivity index (χ2v) is 9.27. The van der Waals surface area contributed by atoms with Crippen molar-refractivity contribution in [2.24, 2.45) is 11.8 Å². The summed E-state index contributed by atoms with van der Waals surface area (Å²) in [5, 5.41) is 1.93. The van der Waals surface area contributed by atoms with E-state index >= 15 is 0 Å². The molecule has 7 heteroatoms. The maximum atomic E-state index is 12.6. The molecule has 148 valence electrons. The van der Waals surface area contributed by atoms with Gasteiger partial charge in [0.2, 0.25) is 0 Å². The van der Waals surface area contributed by atoms with Crippen molar-refractivity contribution in [3.63, 3.8) is 0 Å². The van der Waals surface area contributed by atoms with Gasteiger partial charge in [-0.3, -0.25) is 4.79 Å². The van der Waals surface area contributed by atoms with Gasteiger partial charge in [-0.1, -0.05) is 0 Å².